The summed E-state index contributed by atoms with van der Waals surface area (Å²) in [5.41, 5.74) is 2.73. The van der Waals surface area contributed by atoms with Crippen LogP contribution in [0.25, 0.3) is 21.5 Å². The van der Waals surface area contributed by atoms with E-state index in [0.29, 0.717) is 0 Å². The maximum absolute atomic E-state index is 10.8. The van der Waals surface area contributed by atoms with Crippen molar-refractivity contribution in [1.29, 1.82) is 0 Å². The van der Waals surface area contributed by atoms with Crippen molar-refractivity contribution in [1.82, 2.24) is 0 Å². The Balaban J connectivity index is 1.86. The summed E-state index contributed by atoms with van der Waals surface area (Å²) in [4.78, 5) is 6.64. The highest BCUT2D eigenvalue weighted by molar-refractivity contribution is 6.17. The van der Waals surface area contributed by atoms with E-state index in [9.17, 15) is 5.11 Å². The number of rotatable bonds is 3. The van der Waals surface area contributed by atoms with Crippen molar-refractivity contribution in [2.24, 2.45) is 4.99 Å². The molecule has 0 aliphatic rings. The van der Waals surface area contributed by atoms with Gasteiger partial charge in [0.25, 0.3) is 0 Å². The van der Waals surface area contributed by atoms with Crippen LogP contribution in [0.2, 0.25) is 0 Å². The zero-order valence-corrected chi connectivity index (χ0v) is 14.8. The van der Waals surface area contributed by atoms with Crippen LogP contribution in [0.5, 0.6) is 5.75 Å². The normalized spacial score (nSPS) is 11.5. The fourth-order valence-corrected chi connectivity index (χ4v) is 3.26. The summed E-state index contributed by atoms with van der Waals surface area (Å²) in [6.45, 7) is 0. The van der Waals surface area contributed by atoms with Crippen molar-refractivity contribution in [3.8, 4) is 5.75 Å². The lowest BCUT2D eigenvalue weighted by Gasteiger charge is -2.12. The van der Waals surface area contributed by atoms with Crippen LogP contribution in [-0.4, -0.2) is 25.4 Å². The predicted molar refractivity (Wildman–Crippen MR) is 111 cm³/mol. The van der Waals surface area contributed by atoms with Gasteiger partial charge in [-0.3, -0.25) is 4.99 Å². The maximum atomic E-state index is 10.8. The third-order valence-corrected chi connectivity index (χ3v) is 4.65. The quantitative estimate of drug-likeness (QED) is 0.394. The van der Waals surface area contributed by atoms with Crippen molar-refractivity contribution in [2.75, 3.05) is 19.0 Å². The minimum absolute atomic E-state index is 0.271. The Morgan fingerprint density at radius 1 is 0.731 bits per heavy atom. The summed E-state index contributed by atoms with van der Waals surface area (Å²) in [6, 6.07) is 24.1. The number of benzene rings is 4. The number of aliphatic imine (C=N–C) groups is 1. The first-order chi connectivity index (χ1) is 12.6. The van der Waals surface area contributed by atoms with Gasteiger partial charge in [0, 0.05) is 36.9 Å². The van der Waals surface area contributed by atoms with Gasteiger partial charge in [-0.05, 0) is 40.4 Å². The molecule has 0 saturated carbocycles. The molecule has 128 valence electrons. The molecule has 0 aliphatic carbocycles. The molecule has 26 heavy (non-hydrogen) atoms. The molecule has 0 heterocycles. The Morgan fingerprint density at radius 2 is 1.27 bits per heavy atom. The molecular formula is C23H20N2O. The second-order valence-electron chi connectivity index (χ2n) is 6.52. The zero-order chi connectivity index (χ0) is 18.1. The Bertz CT molecular complexity index is 1110. The van der Waals surface area contributed by atoms with Gasteiger partial charge in [0.2, 0.25) is 0 Å². The van der Waals surface area contributed by atoms with Crippen LogP contribution in [0.3, 0.4) is 0 Å². The molecule has 4 aromatic carbocycles. The average molecular weight is 340 g/mol. The Morgan fingerprint density at radius 3 is 1.88 bits per heavy atom. The molecule has 0 fully saturated rings. The SMILES string of the molecule is CN(C)c1ccc(N=Cc2c(O)c3ccccc3c3ccccc23)cc1. The molecule has 3 heteroatoms. The van der Waals surface area contributed by atoms with Gasteiger partial charge in [-0.2, -0.15) is 0 Å². The fraction of sp³-hybridized carbons (Fsp3) is 0.0870. The number of phenolic OH excluding ortho intramolecular Hbond substituents is 1. The van der Waals surface area contributed by atoms with Crippen molar-refractivity contribution in [2.45, 2.75) is 0 Å². The smallest absolute Gasteiger partial charge is 0.132 e. The third-order valence-electron chi connectivity index (χ3n) is 4.65. The lowest BCUT2D eigenvalue weighted by molar-refractivity contribution is 0.481. The van der Waals surface area contributed by atoms with E-state index in [1.807, 2.05) is 80.8 Å². The first-order valence-electron chi connectivity index (χ1n) is 8.59. The van der Waals surface area contributed by atoms with Crippen LogP contribution in [0.15, 0.2) is 77.8 Å². The largest absolute Gasteiger partial charge is 0.507 e. The lowest BCUT2D eigenvalue weighted by Crippen LogP contribution is -2.07. The van der Waals surface area contributed by atoms with Crippen molar-refractivity contribution in [3.05, 3.63) is 78.4 Å². The highest BCUT2D eigenvalue weighted by Gasteiger charge is 2.11. The van der Waals surface area contributed by atoms with E-state index in [-0.39, 0.29) is 5.75 Å². The number of phenols is 1. The summed E-state index contributed by atoms with van der Waals surface area (Å²) >= 11 is 0. The van der Waals surface area contributed by atoms with E-state index in [2.05, 4.69) is 16.0 Å². The second-order valence-corrected chi connectivity index (χ2v) is 6.52. The number of hydrogen-bond donors (Lipinski definition) is 1. The molecule has 0 aromatic heterocycles. The van der Waals surface area contributed by atoms with Gasteiger partial charge >= 0.3 is 0 Å². The van der Waals surface area contributed by atoms with Crippen molar-refractivity contribution in [3.63, 3.8) is 0 Å². The minimum Gasteiger partial charge on any atom is -0.507 e. The summed E-state index contributed by atoms with van der Waals surface area (Å²) in [5, 5.41) is 14.9. The summed E-state index contributed by atoms with van der Waals surface area (Å²) in [5.74, 6) is 0.271. The first-order valence-corrected chi connectivity index (χ1v) is 8.59. The van der Waals surface area contributed by atoms with Gasteiger partial charge < -0.3 is 10.0 Å². The number of nitrogens with zero attached hydrogens (tertiary/aromatic N) is 2. The molecule has 0 saturated heterocycles. The van der Waals surface area contributed by atoms with Crippen LogP contribution in [0, 0.1) is 0 Å². The van der Waals surface area contributed by atoms with E-state index in [1.165, 1.54) is 0 Å². The molecule has 3 nitrogen and oxygen atoms in total. The van der Waals surface area contributed by atoms with Gasteiger partial charge in [0.15, 0.2) is 0 Å². The average Bonchev–Trinajstić information content (AvgIpc) is 2.68. The van der Waals surface area contributed by atoms with Crippen LogP contribution in [0.1, 0.15) is 5.56 Å². The molecule has 0 amide bonds. The highest BCUT2D eigenvalue weighted by atomic mass is 16.3. The van der Waals surface area contributed by atoms with Gasteiger partial charge in [-0.15, -0.1) is 0 Å². The van der Waals surface area contributed by atoms with Gasteiger partial charge in [0.1, 0.15) is 5.75 Å². The first kappa shape index (κ1) is 16.2. The molecule has 0 bridgehead atoms. The van der Waals surface area contributed by atoms with E-state index < -0.39 is 0 Å². The maximum Gasteiger partial charge on any atom is 0.132 e. The van der Waals surface area contributed by atoms with Crippen molar-refractivity contribution >= 4 is 39.1 Å². The summed E-state index contributed by atoms with van der Waals surface area (Å²) in [6.07, 6.45) is 1.76. The Labute approximate surface area is 152 Å². The Hall–Kier alpha value is -3.33. The molecule has 0 spiro atoms. The molecule has 0 unspecified atom stereocenters. The topological polar surface area (TPSA) is 35.8 Å². The van der Waals surface area contributed by atoms with Gasteiger partial charge in [0.05, 0.1) is 5.69 Å². The van der Waals surface area contributed by atoms with E-state index in [4.69, 9.17) is 0 Å². The van der Waals surface area contributed by atoms with Crippen molar-refractivity contribution < 1.29 is 5.11 Å². The monoisotopic (exact) mass is 340 g/mol. The van der Waals surface area contributed by atoms with Gasteiger partial charge in [-0.1, -0.05) is 48.5 Å². The number of fused-ring (bicyclic) bond motifs is 3. The number of anilines is 1. The standard InChI is InChI=1S/C23H20N2O/c1-25(2)17-13-11-16(12-14-17)24-15-22-20-9-4-3-7-18(20)19-8-5-6-10-21(19)23(22)26/h3-15,26H,1-2H3. The molecule has 0 radical (unpaired) electrons. The van der Waals surface area contributed by atoms with E-state index in [1.54, 1.807) is 6.21 Å². The minimum atomic E-state index is 0.271. The van der Waals surface area contributed by atoms with Crippen LogP contribution < -0.4 is 4.90 Å². The van der Waals surface area contributed by atoms with Gasteiger partial charge in [-0.25, -0.2) is 0 Å². The summed E-state index contributed by atoms with van der Waals surface area (Å²) < 4.78 is 0. The zero-order valence-electron chi connectivity index (χ0n) is 14.8. The fourth-order valence-electron chi connectivity index (χ4n) is 3.26. The molecular weight excluding hydrogens is 320 g/mol. The molecule has 4 aromatic rings. The molecule has 0 aliphatic heterocycles. The third kappa shape index (κ3) is 2.78. The summed E-state index contributed by atoms with van der Waals surface area (Å²) in [7, 11) is 4.02. The van der Waals surface area contributed by atoms with E-state index in [0.717, 1.165) is 38.5 Å². The van der Waals surface area contributed by atoms with E-state index >= 15 is 0 Å². The highest BCUT2D eigenvalue weighted by Crippen LogP contribution is 2.36. The number of hydrogen-bond acceptors (Lipinski definition) is 3. The predicted octanol–water partition coefficient (Wildman–Crippen LogP) is 5.52. The molecule has 4 rings (SSSR count). The number of aromatic hydroxyl groups is 1. The molecule has 0 atom stereocenters. The Kier molecular flexibility index (Phi) is 4.05. The second kappa shape index (κ2) is 6.52. The lowest BCUT2D eigenvalue weighted by atomic mass is 9.96. The van der Waals surface area contributed by atoms with Crippen LogP contribution in [-0.2, 0) is 0 Å². The van der Waals surface area contributed by atoms with Crippen LogP contribution in [0.4, 0.5) is 11.4 Å². The van der Waals surface area contributed by atoms with Crippen LogP contribution >= 0.6 is 0 Å². The molecule has 1 N–H and O–H groups in total.